The third-order valence-corrected chi connectivity index (χ3v) is 3.92. The zero-order chi connectivity index (χ0) is 14.8. The molecule has 20 heavy (non-hydrogen) atoms. The van der Waals surface area contributed by atoms with Gasteiger partial charge in [-0.05, 0) is 57.1 Å². The second kappa shape index (κ2) is 6.01. The van der Waals surface area contributed by atoms with E-state index in [2.05, 4.69) is 80.0 Å². The molecule has 0 heterocycles. The second-order valence-electron chi connectivity index (χ2n) is 6.17. The highest BCUT2D eigenvalue weighted by molar-refractivity contribution is 9.10. The Labute approximate surface area is 130 Å². The summed E-state index contributed by atoms with van der Waals surface area (Å²) in [6.45, 7) is 9.33. The maximum Gasteiger partial charge on any atom is 0.134 e. The van der Waals surface area contributed by atoms with Crippen molar-refractivity contribution in [2.45, 2.75) is 39.7 Å². The summed E-state index contributed by atoms with van der Waals surface area (Å²) < 4.78 is 6.86. The molecule has 0 amide bonds. The lowest BCUT2D eigenvalue weighted by Gasteiger charge is -2.19. The quantitative estimate of drug-likeness (QED) is 0.707. The molecule has 2 rings (SSSR count). The molecule has 106 valence electrons. The van der Waals surface area contributed by atoms with Crippen LogP contribution in [-0.2, 0) is 12.0 Å². The number of benzene rings is 2. The average molecular weight is 333 g/mol. The van der Waals surface area contributed by atoms with Crippen molar-refractivity contribution in [1.82, 2.24) is 0 Å². The third kappa shape index (κ3) is 3.86. The van der Waals surface area contributed by atoms with Gasteiger partial charge in [0, 0.05) is 0 Å². The minimum atomic E-state index is 0.194. The Kier molecular flexibility index (Phi) is 4.54. The normalized spacial score (nSPS) is 11.4. The van der Waals surface area contributed by atoms with Crippen molar-refractivity contribution >= 4 is 15.9 Å². The van der Waals surface area contributed by atoms with Crippen molar-refractivity contribution in [2.24, 2.45) is 0 Å². The van der Waals surface area contributed by atoms with Gasteiger partial charge in [0.05, 0.1) is 4.47 Å². The van der Waals surface area contributed by atoms with E-state index >= 15 is 0 Å². The Morgan fingerprint density at radius 2 is 1.65 bits per heavy atom. The SMILES string of the molecule is Cc1ccc(OCc2ccc(C(C)(C)C)cc2)c(Br)c1. The van der Waals surface area contributed by atoms with Crippen LogP contribution in [0.3, 0.4) is 0 Å². The fourth-order valence-electron chi connectivity index (χ4n) is 1.98. The molecule has 0 aliphatic heterocycles. The maximum absolute atomic E-state index is 5.86. The van der Waals surface area contributed by atoms with Crippen LogP contribution in [-0.4, -0.2) is 0 Å². The molecule has 2 heteroatoms. The first kappa shape index (κ1) is 15.1. The van der Waals surface area contributed by atoms with Crippen molar-refractivity contribution in [3.63, 3.8) is 0 Å². The van der Waals surface area contributed by atoms with Crippen LogP contribution < -0.4 is 4.74 Å². The van der Waals surface area contributed by atoms with Gasteiger partial charge in [-0.15, -0.1) is 0 Å². The number of hydrogen-bond acceptors (Lipinski definition) is 1. The molecule has 0 unspecified atom stereocenters. The molecule has 0 atom stereocenters. The highest BCUT2D eigenvalue weighted by Crippen LogP contribution is 2.27. The first-order chi connectivity index (χ1) is 9.36. The van der Waals surface area contributed by atoms with E-state index in [1.54, 1.807) is 0 Å². The fourth-order valence-corrected chi connectivity index (χ4v) is 2.59. The molecule has 0 saturated heterocycles. The van der Waals surface area contributed by atoms with Crippen molar-refractivity contribution in [1.29, 1.82) is 0 Å². The van der Waals surface area contributed by atoms with Crippen LogP contribution in [0.15, 0.2) is 46.9 Å². The topological polar surface area (TPSA) is 9.23 Å². The number of halogens is 1. The van der Waals surface area contributed by atoms with Crippen LogP contribution >= 0.6 is 15.9 Å². The molecule has 2 aromatic carbocycles. The Morgan fingerprint density at radius 1 is 1.00 bits per heavy atom. The van der Waals surface area contributed by atoms with E-state index < -0.39 is 0 Å². The molecular formula is C18H21BrO. The Hall–Kier alpha value is -1.28. The van der Waals surface area contributed by atoms with E-state index in [4.69, 9.17) is 4.74 Å². The van der Waals surface area contributed by atoms with Crippen LogP contribution in [0.2, 0.25) is 0 Å². The molecule has 0 aliphatic carbocycles. The molecule has 0 aliphatic rings. The predicted molar refractivity (Wildman–Crippen MR) is 88.4 cm³/mol. The zero-order valence-corrected chi connectivity index (χ0v) is 14.1. The lowest BCUT2D eigenvalue weighted by molar-refractivity contribution is 0.304. The van der Waals surface area contributed by atoms with E-state index in [0.717, 1.165) is 10.2 Å². The zero-order valence-electron chi connectivity index (χ0n) is 12.5. The maximum atomic E-state index is 5.86. The molecule has 0 N–H and O–H groups in total. The van der Waals surface area contributed by atoms with Crippen molar-refractivity contribution in [3.05, 3.63) is 63.6 Å². The summed E-state index contributed by atoms with van der Waals surface area (Å²) in [6, 6.07) is 14.8. The minimum Gasteiger partial charge on any atom is -0.488 e. The third-order valence-electron chi connectivity index (χ3n) is 3.30. The lowest BCUT2D eigenvalue weighted by Crippen LogP contribution is -2.10. The van der Waals surface area contributed by atoms with Crippen LogP contribution in [0.4, 0.5) is 0 Å². The average Bonchev–Trinajstić information content (AvgIpc) is 2.37. The molecular weight excluding hydrogens is 312 g/mol. The van der Waals surface area contributed by atoms with Crippen LogP contribution in [0.1, 0.15) is 37.5 Å². The number of aryl methyl sites for hydroxylation is 1. The van der Waals surface area contributed by atoms with E-state index in [1.807, 2.05) is 6.07 Å². The number of hydrogen-bond donors (Lipinski definition) is 0. The van der Waals surface area contributed by atoms with Gasteiger partial charge in [0.25, 0.3) is 0 Å². The minimum absolute atomic E-state index is 0.194. The van der Waals surface area contributed by atoms with Crippen LogP contribution in [0, 0.1) is 6.92 Å². The predicted octanol–water partition coefficient (Wildman–Crippen LogP) is 5.63. The summed E-state index contributed by atoms with van der Waals surface area (Å²) in [4.78, 5) is 0. The summed E-state index contributed by atoms with van der Waals surface area (Å²) >= 11 is 3.53. The van der Waals surface area contributed by atoms with Gasteiger partial charge < -0.3 is 4.74 Å². The summed E-state index contributed by atoms with van der Waals surface area (Å²) in [5, 5.41) is 0. The largest absolute Gasteiger partial charge is 0.488 e. The molecule has 0 aromatic heterocycles. The van der Waals surface area contributed by atoms with E-state index in [0.29, 0.717) is 6.61 Å². The van der Waals surface area contributed by atoms with Gasteiger partial charge in [-0.25, -0.2) is 0 Å². The molecule has 1 nitrogen and oxygen atoms in total. The Morgan fingerprint density at radius 3 is 2.20 bits per heavy atom. The molecule has 0 spiro atoms. The van der Waals surface area contributed by atoms with Gasteiger partial charge in [0.15, 0.2) is 0 Å². The Bertz CT molecular complexity index is 579. The molecule has 0 radical (unpaired) electrons. The Balaban J connectivity index is 2.04. The monoisotopic (exact) mass is 332 g/mol. The lowest BCUT2D eigenvalue weighted by atomic mass is 9.87. The van der Waals surface area contributed by atoms with Gasteiger partial charge in [-0.1, -0.05) is 51.1 Å². The molecule has 2 aromatic rings. The number of ether oxygens (including phenoxy) is 1. The summed E-state index contributed by atoms with van der Waals surface area (Å²) in [7, 11) is 0. The summed E-state index contributed by atoms with van der Waals surface area (Å²) in [5.74, 6) is 0.885. The highest BCUT2D eigenvalue weighted by Gasteiger charge is 2.12. The van der Waals surface area contributed by atoms with Crippen LogP contribution in [0.25, 0.3) is 0 Å². The van der Waals surface area contributed by atoms with Crippen LogP contribution in [0.5, 0.6) is 5.75 Å². The van der Waals surface area contributed by atoms with Gasteiger partial charge in [-0.2, -0.15) is 0 Å². The molecule has 0 fully saturated rings. The molecule has 0 bridgehead atoms. The summed E-state index contributed by atoms with van der Waals surface area (Å²) in [5.41, 5.74) is 3.95. The second-order valence-corrected chi connectivity index (χ2v) is 7.02. The highest BCUT2D eigenvalue weighted by atomic mass is 79.9. The first-order valence-corrected chi connectivity index (χ1v) is 7.64. The van der Waals surface area contributed by atoms with E-state index in [1.165, 1.54) is 16.7 Å². The van der Waals surface area contributed by atoms with Gasteiger partial charge >= 0.3 is 0 Å². The van der Waals surface area contributed by atoms with Gasteiger partial charge in [0.2, 0.25) is 0 Å². The van der Waals surface area contributed by atoms with Crippen molar-refractivity contribution in [2.75, 3.05) is 0 Å². The number of rotatable bonds is 3. The van der Waals surface area contributed by atoms with Gasteiger partial charge in [0.1, 0.15) is 12.4 Å². The standard InChI is InChI=1S/C18H21BrO/c1-13-5-10-17(16(19)11-13)20-12-14-6-8-15(9-7-14)18(2,3)4/h5-11H,12H2,1-4H3. The van der Waals surface area contributed by atoms with Gasteiger partial charge in [-0.3, -0.25) is 0 Å². The van der Waals surface area contributed by atoms with Crippen molar-refractivity contribution in [3.8, 4) is 5.75 Å². The molecule has 0 saturated carbocycles. The first-order valence-electron chi connectivity index (χ1n) is 6.84. The van der Waals surface area contributed by atoms with Crippen molar-refractivity contribution < 1.29 is 4.74 Å². The smallest absolute Gasteiger partial charge is 0.134 e. The van der Waals surface area contributed by atoms with E-state index in [-0.39, 0.29) is 5.41 Å². The summed E-state index contributed by atoms with van der Waals surface area (Å²) in [6.07, 6.45) is 0. The fraction of sp³-hybridized carbons (Fsp3) is 0.333. The van der Waals surface area contributed by atoms with E-state index in [9.17, 15) is 0 Å².